The van der Waals surface area contributed by atoms with E-state index in [4.69, 9.17) is 4.98 Å². The van der Waals surface area contributed by atoms with Gasteiger partial charge in [0.05, 0.1) is 5.39 Å². The standard InChI is InChI=1S/C18H16N4S2/c1-23-18-21-20-16-14-12-9-5-6-10-13(12)24-17(14)19-15(22(16)18)11-7-3-2-4-8-11/h2-4,7-8H,5-6,9-10H2,1H3. The van der Waals surface area contributed by atoms with Crippen LogP contribution in [-0.2, 0) is 12.8 Å². The Balaban J connectivity index is 1.93. The number of rotatable bonds is 2. The summed E-state index contributed by atoms with van der Waals surface area (Å²) in [5.41, 5.74) is 3.52. The second-order valence-electron chi connectivity index (χ2n) is 6.04. The van der Waals surface area contributed by atoms with Crippen LogP contribution in [0.15, 0.2) is 35.5 Å². The van der Waals surface area contributed by atoms with Crippen LogP contribution in [0, 0.1) is 0 Å². The first-order chi connectivity index (χ1) is 11.9. The highest BCUT2D eigenvalue weighted by atomic mass is 32.2. The monoisotopic (exact) mass is 352 g/mol. The van der Waals surface area contributed by atoms with Crippen LogP contribution in [-0.4, -0.2) is 25.8 Å². The molecular formula is C18H16N4S2. The highest BCUT2D eigenvalue weighted by Crippen LogP contribution is 2.39. The van der Waals surface area contributed by atoms with Crippen molar-refractivity contribution in [1.29, 1.82) is 0 Å². The van der Waals surface area contributed by atoms with Crippen LogP contribution in [0.5, 0.6) is 0 Å². The normalized spacial score (nSPS) is 14.4. The fraction of sp³-hybridized carbons (Fsp3) is 0.278. The molecule has 0 saturated carbocycles. The van der Waals surface area contributed by atoms with E-state index >= 15 is 0 Å². The Hall–Kier alpha value is -1.92. The van der Waals surface area contributed by atoms with Crippen molar-refractivity contribution < 1.29 is 0 Å². The fourth-order valence-corrected chi connectivity index (χ4v) is 5.28. The Morgan fingerprint density at radius 3 is 2.75 bits per heavy atom. The van der Waals surface area contributed by atoms with Crippen LogP contribution in [0.3, 0.4) is 0 Å². The molecule has 5 rings (SSSR count). The van der Waals surface area contributed by atoms with Crippen LogP contribution in [0.4, 0.5) is 0 Å². The van der Waals surface area contributed by atoms with Crippen molar-refractivity contribution in [3.05, 3.63) is 40.8 Å². The topological polar surface area (TPSA) is 43.1 Å². The maximum Gasteiger partial charge on any atom is 0.197 e. The summed E-state index contributed by atoms with van der Waals surface area (Å²) < 4.78 is 2.13. The molecule has 24 heavy (non-hydrogen) atoms. The molecule has 1 aromatic carbocycles. The number of nitrogens with zero attached hydrogens (tertiary/aromatic N) is 4. The molecule has 0 fully saturated rings. The molecule has 0 spiro atoms. The quantitative estimate of drug-likeness (QED) is 0.494. The number of hydrogen-bond donors (Lipinski definition) is 0. The third-order valence-electron chi connectivity index (χ3n) is 4.64. The highest BCUT2D eigenvalue weighted by molar-refractivity contribution is 7.98. The van der Waals surface area contributed by atoms with Crippen LogP contribution >= 0.6 is 23.1 Å². The van der Waals surface area contributed by atoms with E-state index in [0.717, 1.165) is 33.4 Å². The van der Waals surface area contributed by atoms with Gasteiger partial charge in [0.2, 0.25) is 0 Å². The highest BCUT2D eigenvalue weighted by Gasteiger charge is 2.23. The van der Waals surface area contributed by atoms with Gasteiger partial charge in [0, 0.05) is 10.4 Å². The Morgan fingerprint density at radius 2 is 1.92 bits per heavy atom. The number of benzene rings is 1. The molecular weight excluding hydrogens is 336 g/mol. The van der Waals surface area contributed by atoms with Gasteiger partial charge in [0.1, 0.15) is 10.7 Å². The molecule has 4 nitrogen and oxygen atoms in total. The van der Waals surface area contributed by atoms with E-state index in [-0.39, 0.29) is 0 Å². The molecule has 4 aromatic rings. The molecule has 3 heterocycles. The average molecular weight is 352 g/mol. The lowest BCUT2D eigenvalue weighted by molar-refractivity contribution is 0.700. The molecule has 0 radical (unpaired) electrons. The summed E-state index contributed by atoms with van der Waals surface area (Å²) in [7, 11) is 0. The zero-order valence-electron chi connectivity index (χ0n) is 13.3. The lowest BCUT2D eigenvalue weighted by Gasteiger charge is -2.11. The SMILES string of the molecule is CSc1nnc2c3c4c(sc3nc(-c3ccccc3)n12)CCCC4. The van der Waals surface area contributed by atoms with Crippen molar-refractivity contribution in [2.24, 2.45) is 0 Å². The van der Waals surface area contributed by atoms with Gasteiger partial charge in [-0.15, -0.1) is 21.5 Å². The van der Waals surface area contributed by atoms with Gasteiger partial charge in [-0.2, -0.15) is 0 Å². The summed E-state index contributed by atoms with van der Waals surface area (Å²) in [5.74, 6) is 0.936. The van der Waals surface area contributed by atoms with Crippen molar-refractivity contribution in [1.82, 2.24) is 19.6 Å². The van der Waals surface area contributed by atoms with Crippen LogP contribution in [0.1, 0.15) is 23.3 Å². The van der Waals surface area contributed by atoms with Crippen molar-refractivity contribution in [2.75, 3.05) is 6.26 Å². The molecule has 0 amide bonds. The van der Waals surface area contributed by atoms with E-state index in [1.54, 1.807) is 11.8 Å². The molecule has 0 aliphatic heterocycles. The van der Waals surface area contributed by atoms with E-state index in [9.17, 15) is 0 Å². The zero-order valence-corrected chi connectivity index (χ0v) is 15.0. The number of thiophene rings is 1. The number of thioether (sulfide) groups is 1. The minimum absolute atomic E-state index is 0.897. The summed E-state index contributed by atoms with van der Waals surface area (Å²) in [5, 5.41) is 11.1. The molecule has 0 N–H and O–H groups in total. The maximum absolute atomic E-state index is 5.05. The van der Waals surface area contributed by atoms with E-state index < -0.39 is 0 Å². The van der Waals surface area contributed by atoms with E-state index in [1.807, 2.05) is 23.7 Å². The summed E-state index contributed by atoms with van der Waals surface area (Å²) in [6, 6.07) is 10.3. The van der Waals surface area contributed by atoms with Gasteiger partial charge in [-0.25, -0.2) is 4.98 Å². The molecule has 1 aliphatic rings. The second kappa shape index (κ2) is 5.57. The molecule has 0 unspecified atom stereocenters. The Labute approximate surface area is 147 Å². The van der Waals surface area contributed by atoms with Crippen molar-refractivity contribution in [3.8, 4) is 11.4 Å². The molecule has 0 atom stereocenters. The predicted octanol–water partition coefficient (Wildman–Crippen LogP) is 4.61. The van der Waals surface area contributed by atoms with E-state index in [2.05, 4.69) is 38.9 Å². The van der Waals surface area contributed by atoms with Crippen molar-refractivity contribution in [3.63, 3.8) is 0 Å². The minimum Gasteiger partial charge on any atom is -0.253 e. The molecule has 0 saturated heterocycles. The Bertz CT molecular complexity index is 1050. The molecule has 120 valence electrons. The predicted molar refractivity (Wildman–Crippen MR) is 100 cm³/mol. The van der Waals surface area contributed by atoms with Gasteiger partial charge in [0.15, 0.2) is 10.8 Å². The third-order valence-corrected chi connectivity index (χ3v) is 6.46. The largest absolute Gasteiger partial charge is 0.253 e. The molecule has 3 aromatic heterocycles. The van der Waals surface area contributed by atoms with Gasteiger partial charge in [-0.05, 0) is 37.5 Å². The second-order valence-corrected chi connectivity index (χ2v) is 7.90. The first-order valence-electron chi connectivity index (χ1n) is 8.15. The zero-order chi connectivity index (χ0) is 16.1. The van der Waals surface area contributed by atoms with Crippen LogP contribution in [0.2, 0.25) is 0 Å². The van der Waals surface area contributed by atoms with Gasteiger partial charge < -0.3 is 0 Å². The van der Waals surface area contributed by atoms with Crippen molar-refractivity contribution >= 4 is 39.0 Å². The van der Waals surface area contributed by atoms with Crippen LogP contribution < -0.4 is 0 Å². The van der Waals surface area contributed by atoms with Gasteiger partial charge >= 0.3 is 0 Å². The third kappa shape index (κ3) is 2.03. The smallest absolute Gasteiger partial charge is 0.197 e. The summed E-state index contributed by atoms with van der Waals surface area (Å²) in [6.45, 7) is 0. The van der Waals surface area contributed by atoms with Gasteiger partial charge in [-0.3, -0.25) is 4.40 Å². The summed E-state index contributed by atoms with van der Waals surface area (Å²) in [6.07, 6.45) is 6.89. The number of aryl methyl sites for hydroxylation is 2. The number of aromatic nitrogens is 4. The maximum atomic E-state index is 5.05. The fourth-order valence-electron chi connectivity index (χ4n) is 3.54. The van der Waals surface area contributed by atoms with E-state index in [1.165, 1.54) is 35.1 Å². The average Bonchev–Trinajstić information content (AvgIpc) is 3.22. The molecule has 6 heteroatoms. The summed E-state index contributed by atoms with van der Waals surface area (Å²) in [4.78, 5) is 7.64. The van der Waals surface area contributed by atoms with Crippen molar-refractivity contribution in [2.45, 2.75) is 30.8 Å². The lowest BCUT2D eigenvalue weighted by atomic mass is 9.97. The summed E-state index contributed by atoms with van der Waals surface area (Å²) >= 11 is 3.46. The number of fused-ring (bicyclic) bond motifs is 5. The Kier molecular flexibility index (Phi) is 3.35. The molecule has 1 aliphatic carbocycles. The Morgan fingerprint density at radius 1 is 1.08 bits per heavy atom. The lowest BCUT2D eigenvalue weighted by Crippen LogP contribution is -2.01. The minimum atomic E-state index is 0.897. The van der Waals surface area contributed by atoms with Gasteiger partial charge in [0.25, 0.3) is 0 Å². The van der Waals surface area contributed by atoms with Gasteiger partial charge in [-0.1, -0.05) is 42.1 Å². The number of hydrogen-bond acceptors (Lipinski definition) is 5. The molecule has 0 bridgehead atoms. The van der Waals surface area contributed by atoms with Crippen LogP contribution in [0.25, 0.3) is 27.3 Å². The first-order valence-corrected chi connectivity index (χ1v) is 10.2. The first kappa shape index (κ1) is 14.4. The van der Waals surface area contributed by atoms with E-state index in [0.29, 0.717) is 0 Å².